The molecule has 0 saturated heterocycles. The molecule has 1 amide bonds. The Hall–Kier alpha value is -1.55. The summed E-state index contributed by atoms with van der Waals surface area (Å²) < 4.78 is 10.6. The van der Waals surface area contributed by atoms with Gasteiger partial charge in [-0.25, -0.2) is 0 Å². The van der Waals surface area contributed by atoms with E-state index in [2.05, 4.69) is 31.3 Å². The van der Waals surface area contributed by atoms with Gasteiger partial charge in [-0.15, -0.1) is 0 Å². The first-order valence-electron chi connectivity index (χ1n) is 7.03. The highest BCUT2D eigenvalue weighted by molar-refractivity contribution is 5.77. The summed E-state index contributed by atoms with van der Waals surface area (Å²) in [6, 6.07) is 6.10. The molecule has 0 spiro atoms. The first-order chi connectivity index (χ1) is 9.54. The van der Waals surface area contributed by atoms with Crippen molar-refractivity contribution in [2.24, 2.45) is 0 Å². The Bertz CT molecular complexity index is 430. The third-order valence-electron chi connectivity index (χ3n) is 3.00. The second-order valence-electron chi connectivity index (χ2n) is 5.18. The van der Waals surface area contributed by atoms with Crippen LogP contribution in [0.2, 0.25) is 0 Å². The van der Waals surface area contributed by atoms with Crippen LogP contribution in [0.15, 0.2) is 18.2 Å². The summed E-state index contributed by atoms with van der Waals surface area (Å²) in [5, 5.41) is 2.81. The van der Waals surface area contributed by atoms with Gasteiger partial charge in [0.1, 0.15) is 5.75 Å². The molecule has 0 aromatic heterocycles. The molecule has 0 aliphatic heterocycles. The van der Waals surface area contributed by atoms with Crippen LogP contribution < -0.4 is 10.1 Å². The molecule has 0 unspecified atom stereocenters. The Morgan fingerprint density at radius 3 is 2.75 bits per heavy atom. The lowest BCUT2D eigenvalue weighted by molar-refractivity contribution is -0.123. The second-order valence-corrected chi connectivity index (χ2v) is 5.18. The molecule has 4 nitrogen and oxygen atoms in total. The molecule has 0 aliphatic carbocycles. The zero-order valence-electron chi connectivity index (χ0n) is 12.9. The van der Waals surface area contributed by atoms with Gasteiger partial charge in [-0.2, -0.15) is 0 Å². The van der Waals surface area contributed by atoms with Crippen LogP contribution in [0.25, 0.3) is 0 Å². The number of hydrogen-bond acceptors (Lipinski definition) is 3. The zero-order chi connectivity index (χ0) is 15.0. The maximum absolute atomic E-state index is 11.7. The molecule has 1 rings (SSSR count). The van der Waals surface area contributed by atoms with Crippen LogP contribution in [-0.2, 0) is 9.53 Å². The van der Waals surface area contributed by atoms with Crippen LogP contribution in [0, 0.1) is 6.92 Å². The van der Waals surface area contributed by atoms with Crippen LogP contribution >= 0.6 is 0 Å². The van der Waals surface area contributed by atoms with Crippen molar-refractivity contribution in [2.75, 3.05) is 26.9 Å². The highest BCUT2D eigenvalue weighted by atomic mass is 16.5. The minimum atomic E-state index is -0.0997. The van der Waals surface area contributed by atoms with Crippen molar-refractivity contribution in [3.8, 4) is 5.75 Å². The Morgan fingerprint density at radius 2 is 2.10 bits per heavy atom. The number of rotatable bonds is 8. The fraction of sp³-hybridized carbons (Fsp3) is 0.562. The SMILES string of the molecule is COCCCNC(=O)COc1cc(C)ccc1C(C)C. The number of amides is 1. The third-order valence-corrected chi connectivity index (χ3v) is 3.00. The second kappa shape index (κ2) is 8.59. The quantitative estimate of drug-likeness (QED) is 0.744. The molecule has 1 N–H and O–H groups in total. The summed E-state index contributed by atoms with van der Waals surface area (Å²) in [5.74, 6) is 1.07. The van der Waals surface area contributed by atoms with Crippen LogP contribution in [0.3, 0.4) is 0 Å². The maximum Gasteiger partial charge on any atom is 0.257 e. The lowest BCUT2D eigenvalue weighted by Gasteiger charge is -2.14. The van der Waals surface area contributed by atoms with Gasteiger partial charge in [0.2, 0.25) is 0 Å². The number of aryl methyl sites for hydroxylation is 1. The minimum Gasteiger partial charge on any atom is -0.483 e. The summed E-state index contributed by atoms with van der Waals surface area (Å²) in [4.78, 5) is 11.7. The van der Waals surface area contributed by atoms with Crippen molar-refractivity contribution < 1.29 is 14.3 Å². The normalized spacial score (nSPS) is 10.7. The summed E-state index contributed by atoms with van der Waals surface area (Å²) in [6.45, 7) is 7.56. The molecule has 0 radical (unpaired) electrons. The Balaban J connectivity index is 2.48. The van der Waals surface area contributed by atoms with Gasteiger partial charge in [0.25, 0.3) is 5.91 Å². The van der Waals surface area contributed by atoms with Gasteiger partial charge >= 0.3 is 0 Å². The number of carbonyl (C=O) groups excluding carboxylic acids is 1. The fourth-order valence-electron chi connectivity index (χ4n) is 1.88. The smallest absolute Gasteiger partial charge is 0.257 e. The van der Waals surface area contributed by atoms with Crippen LogP contribution in [-0.4, -0.2) is 32.8 Å². The molecule has 4 heteroatoms. The van der Waals surface area contributed by atoms with Crippen LogP contribution in [0.4, 0.5) is 0 Å². The van der Waals surface area contributed by atoms with Crippen molar-refractivity contribution in [3.63, 3.8) is 0 Å². The summed E-state index contributed by atoms with van der Waals surface area (Å²) in [5.41, 5.74) is 2.26. The molecular weight excluding hydrogens is 254 g/mol. The van der Waals surface area contributed by atoms with Gasteiger partial charge in [0, 0.05) is 20.3 Å². The van der Waals surface area contributed by atoms with E-state index in [9.17, 15) is 4.79 Å². The van der Waals surface area contributed by atoms with Gasteiger partial charge < -0.3 is 14.8 Å². The highest BCUT2D eigenvalue weighted by Crippen LogP contribution is 2.27. The van der Waals surface area contributed by atoms with E-state index < -0.39 is 0 Å². The Kier molecular flexibility index (Phi) is 7.09. The largest absolute Gasteiger partial charge is 0.483 e. The fourth-order valence-corrected chi connectivity index (χ4v) is 1.88. The maximum atomic E-state index is 11.7. The van der Waals surface area contributed by atoms with E-state index >= 15 is 0 Å². The lowest BCUT2D eigenvalue weighted by Crippen LogP contribution is -2.30. The van der Waals surface area contributed by atoms with Gasteiger partial charge in [0.15, 0.2) is 6.61 Å². The van der Waals surface area contributed by atoms with E-state index in [0.717, 1.165) is 23.3 Å². The molecule has 0 aliphatic rings. The Labute approximate surface area is 121 Å². The van der Waals surface area contributed by atoms with E-state index in [-0.39, 0.29) is 12.5 Å². The molecule has 0 bridgehead atoms. The first kappa shape index (κ1) is 16.5. The van der Waals surface area contributed by atoms with E-state index in [1.165, 1.54) is 0 Å². The number of methoxy groups -OCH3 is 1. The lowest BCUT2D eigenvalue weighted by atomic mass is 10.0. The average molecular weight is 279 g/mol. The van der Waals surface area contributed by atoms with E-state index in [0.29, 0.717) is 19.1 Å². The average Bonchev–Trinajstić information content (AvgIpc) is 2.41. The number of carbonyl (C=O) groups is 1. The van der Waals surface area contributed by atoms with E-state index in [1.807, 2.05) is 13.0 Å². The first-order valence-corrected chi connectivity index (χ1v) is 7.03. The van der Waals surface area contributed by atoms with Crippen LogP contribution in [0.1, 0.15) is 37.3 Å². The third kappa shape index (κ3) is 5.61. The van der Waals surface area contributed by atoms with E-state index in [4.69, 9.17) is 9.47 Å². The molecule has 112 valence electrons. The monoisotopic (exact) mass is 279 g/mol. The number of ether oxygens (including phenoxy) is 2. The topological polar surface area (TPSA) is 47.6 Å². The molecular formula is C16H25NO3. The number of nitrogens with one attached hydrogen (secondary N) is 1. The van der Waals surface area contributed by atoms with Gasteiger partial charge in [0.05, 0.1) is 0 Å². The number of benzene rings is 1. The minimum absolute atomic E-state index is 0.0517. The molecule has 0 atom stereocenters. The van der Waals surface area contributed by atoms with Crippen molar-refractivity contribution in [3.05, 3.63) is 29.3 Å². The number of hydrogen-bond donors (Lipinski definition) is 1. The Morgan fingerprint density at radius 1 is 1.35 bits per heavy atom. The highest BCUT2D eigenvalue weighted by Gasteiger charge is 2.10. The van der Waals surface area contributed by atoms with Crippen molar-refractivity contribution in [1.82, 2.24) is 5.32 Å². The van der Waals surface area contributed by atoms with Crippen LogP contribution in [0.5, 0.6) is 5.75 Å². The van der Waals surface area contributed by atoms with Gasteiger partial charge in [-0.05, 0) is 36.5 Å². The molecule has 0 saturated carbocycles. The predicted octanol–water partition coefficient (Wildman–Crippen LogP) is 2.65. The zero-order valence-corrected chi connectivity index (χ0v) is 12.9. The van der Waals surface area contributed by atoms with Crippen molar-refractivity contribution >= 4 is 5.91 Å². The van der Waals surface area contributed by atoms with Gasteiger partial charge in [-0.1, -0.05) is 26.0 Å². The summed E-state index contributed by atoms with van der Waals surface area (Å²) in [7, 11) is 1.65. The summed E-state index contributed by atoms with van der Waals surface area (Å²) >= 11 is 0. The van der Waals surface area contributed by atoms with Crippen molar-refractivity contribution in [1.29, 1.82) is 0 Å². The summed E-state index contributed by atoms with van der Waals surface area (Å²) in [6.07, 6.45) is 0.809. The van der Waals surface area contributed by atoms with Gasteiger partial charge in [-0.3, -0.25) is 4.79 Å². The molecule has 1 aromatic rings. The molecule has 0 heterocycles. The molecule has 20 heavy (non-hydrogen) atoms. The molecule has 1 aromatic carbocycles. The predicted molar refractivity (Wildman–Crippen MR) is 80.3 cm³/mol. The molecule has 0 fully saturated rings. The standard InChI is InChI=1S/C16H25NO3/c1-12(2)14-7-6-13(3)10-15(14)20-11-16(18)17-8-5-9-19-4/h6-7,10,12H,5,8-9,11H2,1-4H3,(H,17,18). The van der Waals surface area contributed by atoms with E-state index in [1.54, 1.807) is 7.11 Å². The van der Waals surface area contributed by atoms with Crippen molar-refractivity contribution in [2.45, 2.75) is 33.1 Å².